The molecule has 0 aliphatic carbocycles. The fraction of sp³-hybridized carbons (Fsp3) is 0.545. The maximum atomic E-state index is 15.0. The summed E-state index contributed by atoms with van der Waals surface area (Å²) in [4.78, 5) is 30.0. The Bertz CT molecular complexity index is 1660. The molecule has 8 rings (SSSR count). The molecule has 232 valence electrons. The van der Waals surface area contributed by atoms with E-state index in [2.05, 4.69) is 15.1 Å². The molecule has 5 aliphatic heterocycles. The second-order valence-corrected chi connectivity index (χ2v) is 13.5. The highest BCUT2D eigenvalue weighted by Gasteiger charge is 2.50. The highest BCUT2D eigenvalue weighted by atomic mass is 19.1. The Morgan fingerprint density at radius 1 is 1.16 bits per heavy atom. The van der Waals surface area contributed by atoms with Crippen molar-refractivity contribution in [1.82, 2.24) is 20.2 Å². The quantitative estimate of drug-likeness (QED) is 0.429. The van der Waals surface area contributed by atoms with E-state index in [1.807, 2.05) is 6.92 Å². The van der Waals surface area contributed by atoms with E-state index in [0.29, 0.717) is 65.1 Å². The third-order valence-corrected chi connectivity index (χ3v) is 10.7. The minimum Gasteiger partial charge on any atom is -0.508 e. The van der Waals surface area contributed by atoms with E-state index in [1.165, 1.54) is 12.1 Å². The van der Waals surface area contributed by atoms with Crippen LogP contribution in [0.4, 0.5) is 20.3 Å². The lowest BCUT2D eigenvalue weighted by Gasteiger charge is -2.49. The number of phenols is 1. The third kappa shape index (κ3) is 4.34. The first kappa shape index (κ1) is 27.9. The zero-order valence-corrected chi connectivity index (χ0v) is 25.0. The number of aromatic hydroxyl groups is 1. The lowest BCUT2D eigenvalue weighted by molar-refractivity contribution is 0.0994. The van der Waals surface area contributed by atoms with Gasteiger partial charge >= 0.3 is 6.01 Å². The molecule has 4 saturated heterocycles. The van der Waals surface area contributed by atoms with Crippen LogP contribution in [-0.4, -0.2) is 83.5 Å². The first-order chi connectivity index (χ1) is 21.3. The summed E-state index contributed by atoms with van der Waals surface area (Å²) in [7, 11) is 0. The van der Waals surface area contributed by atoms with E-state index in [0.717, 1.165) is 58.4 Å². The predicted molar refractivity (Wildman–Crippen MR) is 163 cm³/mol. The predicted octanol–water partition coefficient (Wildman–Crippen LogP) is 4.34. The lowest BCUT2D eigenvalue weighted by Crippen LogP contribution is -2.61. The molecule has 5 aliphatic rings. The molecule has 3 aromatic rings. The number of aromatic nitrogens is 2. The maximum Gasteiger partial charge on any atom is 0.318 e. The molecule has 6 heterocycles. The summed E-state index contributed by atoms with van der Waals surface area (Å²) in [6, 6.07) is 6.37. The van der Waals surface area contributed by atoms with Crippen molar-refractivity contribution in [3.05, 3.63) is 46.9 Å². The second-order valence-electron chi connectivity index (χ2n) is 13.5. The molecule has 0 unspecified atom stereocenters. The lowest BCUT2D eigenvalue weighted by atomic mass is 9.75. The van der Waals surface area contributed by atoms with Crippen molar-refractivity contribution in [1.29, 1.82) is 0 Å². The first-order valence-electron chi connectivity index (χ1n) is 15.9. The van der Waals surface area contributed by atoms with Gasteiger partial charge in [0, 0.05) is 56.0 Å². The Hall–Kier alpha value is -3.57. The smallest absolute Gasteiger partial charge is 0.318 e. The average Bonchev–Trinajstić information content (AvgIpc) is 3.64. The van der Waals surface area contributed by atoms with Crippen LogP contribution in [0.1, 0.15) is 60.6 Å². The van der Waals surface area contributed by atoms with E-state index in [-0.39, 0.29) is 41.0 Å². The number of aryl methyl sites for hydroxylation is 1. The van der Waals surface area contributed by atoms with Gasteiger partial charge in [0.1, 0.15) is 35.7 Å². The minimum atomic E-state index is -0.864. The summed E-state index contributed by atoms with van der Waals surface area (Å²) in [6.45, 7) is 7.03. The van der Waals surface area contributed by atoms with Crippen molar-refractivity contribution in [3.8, 4) is 11.8 Å². The van der Waals surface area contributed by atoms with E-state index >= 15 is 4.39 Å². The van der Waals surface area contributed by atoms with Crippen molar-refractivity contribution < 1.29 is 23.4 Å². The van der Waals surface area contributed by atoms with Gasteiger partial charge < -0.3 is 25.0 Å². The van der Waals surface area contributed by atoms with Crippen molar-refractivity contribution in [2.24, 2.45) is 5.41 Å². The van der Waals surface area contributed by atoms with Crippen molar-refractivity contribution >= 4 is 28.2 Å². The first-order valence-corrected chi connectivity index (χ1v) is 15.9. The SMILES string of the molecule is CCc1c(F)ccc2cc(O)cc(N3Cc4nc(OC[C@@]56CCCN5C[C@H](F)C6)nc(N5CCCC6(CNC6)C5)c4C3=O)c12. The third-order valence-electron chi connectivity index (χ3n) is 10.7. The molecular formula is C33H38F2N6O3. The van der Waals surface area contributed by atoms with Gasteiger partial charge in [-0.15, -0.1) is 0 Å². The van der Waals surface area contributed by atoms with Crippen molar-refractivity contribution in [2.75, 3.05) is 55.7 Å². The molecule has 0 radical (unpaired) electrons. The highest BCUT2D eigenvalue weighted by molar-refractivity contribution is 6.16. The number of piperidine rings is 1. The van der Waals surface area contributed by atoms with Gasteiger partial charge in [-0.3, -0.25) is 9.69 Å². The van der Waals surface area contributed by atoms with Gasteiger partial charge in [-0.05, 0) is 61.7 Å². The van der Waals surface area contributed by atoms with E-state index in [4.69, 9.17) is 14.7 Å². The largest absolute Gasteiger partial charge is 0.508 e. The van der Waals surface area contributed by atoms with Gasteiger partial charge in [-0.1, -0.05) is 13.0 Å². The average molecular weight is 605 g/mol. The van der Waals surface area contributed by atoms with E-state index in [1.54, 1.807) is 17.0 Å². The fourth-order valence-electron chi connectivity index (χ4n) is 8.49. The molecule has 44 heavy (non-hydrogen) atoms. The topological polar surface area (TPSA) is 94.1 Å². The number of anilines is 2. The van der Waals surface area contributed by atoms with E-state index < -0.39 is 6.17 Å². The normalized spacial score (nSPS) is 26.0. The molecule has 2 N–H and O–H groups in total. The number of benzene rings is 2. The van der Waals surface area contributed by atoms with Crippen molar-refractivity contribution in [2.45, 2.75) is 63.7 Å². The van der Waals surface area contributed by atoms with Crippen LogP contribution < -0.4 is 19.9 Å². The highest BCUT2D eigenvalue weighted by Crippen LogP contribution is 2.44. The Morgan fingerprint density at radius 2 is 2.00 bits per heavy atom. The summed E-state index contributed by atoms with van der Waals surface area (Å²) < 4.78 is 35.8. The van der Waals surface area contributed by atoms with Crippen LogP contribution in [0.3, 0.4) is 0 Å². The van der Waals surface area contributed by atoms with E-state index in [9.17, 15) is 14.3 Å². The number of halogens is 2. The second kappa shape index (κ2) is 10.2. The van der Waals surface area contributed by atoms with Crippen LogP contribution in [0.15, 0.2) is 24.3 Å². The standard InChI is InChI=1S/C33H38F2N6O3/c1-2-23-24(35)6-5-20-11-22(42)12-26(27(20)23)41-15-25-28(30(41)43)29(39-9-3-7-32(18-39)16-36-17-32)38-31(37-25)44-19-33-8-4-10-40(33)14-21(34)13-33/h5-6,11-12,21,36,42H,2-4,7-10,13-19H2,1H3/t21-,33+/m1/s1. The van der Waals surface area contributed by atoms with Crippen molar-refractivity contribution in [3.63, 3.8) is 0 Å². The number of rotatable bonds is 6. The van der Waals surface area contributed by atoms with Crippen LogP contribution in [-0.2, 0) is 13.0 Å². The molecule has 2 atom stereocenters. The van der Waals surface area contributed by atoms with Gasteiger partial charge in [-0.25, -0.2) is 8.78 Å². The van der Waals surface area contributed by atoms with Gasteiger partial charge in [0.05, 0.1) is 23.5 Å². The molecule has 1 aromatic heterocycles. The molecule has 1 amide bonds. The molecule has 4 fully saturated rings. The van der Waals surface area contributed by atoms with Gasteiger partial charge in [-0.2, -0.15) is 9.97 Å². The fourth-order valence-corrected chi connectivity index (χ4v) is 8.49. The molecule has 2 aromatic carbocycles. The number of hydrogen-bond acceptors (Lipinski definition) is 8. The molecule has 1 spiro atoms. The van der Waals surface area contributed by atoms with Crippen LogP contribution in [0.25, 0.3) is 10.8 Å². The van der Waals surface area contributed by atoms with Gasteiger partial charge in [0.25, 0.3) is 5.91 Å². The number of amides is 1. The number of hydrogen-bond donors (Lipinski definition) is 2. The van der Waals surface area contributed by atoms with Crippen LogP contribution >= 0.6 is 0 Å². The maximum absolute atomic E-state index is 15.0. The number of carbonyl (C=O) groups excluding carboxylic acids is 1. The summed E-state index contributed by atoms with van der Waals surface area (Å²) in [5, 5.41) is 15.3. The molecule has 0 bridgehead atoms. The number of nitrogens with zero attached hydrogens (tertiary/aromatic N) is 5. The molecular weight excluding hydrogens is 566 g/mol. The van der Waals surface area contributed by atoms with Crippen LogP contribution in [0.2, 0.25) is 0 Å². The molecule has 0 saturated carbocycles. The Morgan fingerprint density at radius 3 is 2.80 bits per heavy atom. The number of nitrogens with one attached hydrogen (secondary N) is 1. The number of ether oxygens (including phenoxy) is 1. The van der Waals surface area contributed by atoms with Gasteiger partial charge in [0.2, 0.25) is 0 Å². The summed E-state index contributed by atoms with van der Waals surface area (Å²) in [5.74, 6) is -0.0605. The van der Waals surface area contributed by atoms with Crippen LogP contribution in [0, 0.1) is 11.2 Å². The summed E-state index contributed by atoms with van der Waals surface area (Å²) in [5.41, 5.74) is 1.72. The Balaban J connectivity index is 1.20. The number of alkyl halides is 1. The molecule has 11 heteroatoms. The molecule has 9 nitrogen and oxygen atoms in total. The monoisotopic (exact) mass is 604 g/mol. The Kier molecular flexibility index (Phi) is 6.50. The van der Waals surface area contributed by atoms with Crippen LogP contribution in [0.5, 0.6) is 11.8 Å². The summed E-state index contributed by atoms with van der Waals surface area (Å²) in [6.07, 6.45) is 4.01. The zero-order valence-electron chi connectivity index (χ0n) is 25.0. The number of carbonyl (C=O) groups is 1. The van der Waals surface area contributed by atoms with Gasteiger partial charge in [0.15, 0.2) is 0 Å². The number of phenolic OH excluding ortho intramolecular Hbond substituents is 1. The summed E-state index contributed by atoms with van der Waals surface area (Å²) >= 11 is 0. The minimum absolute atomic E-state index is 0.00110. The number of fused-ring (bicyclic) bond motifs is 3. The Labute approximate surface area is 255 Å². The zero-order chi connectivity index (χ0) is 30.2.